The van der Waals surface area contributed by atoms with Crippen LogP contribution < -0.4 is 5.43 Å². The van der Waals surface area contributed by atoms with Crippen LogP contribution in [0.15, 0.2) is 54.2 Å². The first-order valence-corrected chi connectivity index (χ1v) is 7.42. The summed E-state index contributed by atoms with van der Waals surface area (Å²) in [7, 11) is 0. The summed E-state index contributed by atoms with van der Waals surface area (Å²) in [5, 5.41) is 4.65. The normalized spacial score (nSPS) is 21.7. The molecule has 0 bridgehead atoms. The predicted molar refractivity (Wildman–Crippen MR) is 87.4 cm³/mol. The summed E-state index contributed by atoms with van der Waals surface area (Å²) in [6.07, 6.45) is 8.65. The quantitative estimate of drug-likeness (QED) is 0.739. The molecule has 106 valence electrons. The van der Waals surface area contributed by atoms with E-state index in [-0.39, 0.29) is 5.41 Å². The Kier molecular flexibility index (Phi) is 4.78. The molecular weight excluding hydrogens is 244 g/mol. The third-order valence-corrected chi connectivity index (χ3v) is 3.85. The number of benzene rings is 1. The standard InChI is InChI=1S/C18H24N2/c1-4-6-12-17-18(3,13-5-2)14-16(19-20-17)15-10-8-7-9-11-15/h5,7-11,14,19H,2,4,6,12-13H2,1,3H3/t18-/m0/s1. The minimum absolute atomic E-state index is 0.0205. The first kappa shape index (κ1) is 14.6. The van der Waals surface area contributed by atoms with Crippen LogP contribution in [0.25, 0.3) is 5.70 Å². The number of allylic oxidation sites excluding steroid dienone is 2. The molecule has 0 fully saturated rings. The highest BCUT2D eigenvalue weighted by atomic mass is 15.3. The molecule has 0 aliphatic carbocycles. The number of hydrogen-bond donors (Lipinski definition) is 1. The van der Waals surface area contributed by atoms with Gasteiger partial charge in [0.1, 0.15) is 0 Å². The van der Waals surface area contributed by atoms with Crippen molar-refractivity contribution in [2.45, 2.75) is 39.5 Å². The molecule has 1 atom stereocenters. The second-order valence-electron chi connectivity index (χ2n) is 5.61. The maximum atomic E-state index is 4.65. The van der Waals surface area contributed by atoms with Crippen LogP contribution in [-0.4, -0.2) is 5.71 Å². The van der Waals surface area contributed by atoms with Gasteiger partial charge in [0.2, 0.25) is 0 Å². The van der Waals surface area contributed by atoms with Crippen molar-refractivity contribution in [3.05, 3.63) is 54.6 Å². The van der Waals surface area contributed by atoms with E-state index in [0.717, 1.165) is 18.5 Å². The number of rotatable bonds is 6. The summed E-state index contributed by atoms with van der Waals surface area (Å²) < 4.78 is 0. The van der Waals surface area contributed by atoms with Crippen LogP contribution in [0.3, 0.4) is 0 Å². The van der Waals surface area contributed by atoms with Crippen molar-refractivity contribution in [2.75, 3.05) is 0 Å². The van der Waals surface area contributed by atoms with E-state index < -0.39 is 0 Å². The fourth-order valence-electron chi connectivity index (χ4n) is 2.62. The Labute approximate surface area is 122 Å². The van der Waals surface area contributed by atoms with Gasteiger partial charge in [-0.05, 0) is 30.9 Å². The minimum atomic E-state index is -0.0205. The molecule has 0 saturated carbocycles. The van der Waals surface area contributed by atoms with Crippen LogP contribution in [0.2, 0.25) is 0 Å². The van der Waals surface area contributed by atoms with Gasteiger partial charge in [0, 0.05) is 11.1 Å². The van der Waals surface area contributed by atoms with Gasteiger partial charge in [0.05, 0.1) is 5.70 Å². The van der Waals surface area contributed by atoms with E-state index in [0.29, 0.717) is 0 Å². The Hall–Kier alpha value is -1.83. The summed E-state index contributed by atoms with van der Waals surface area (Å²) in [5.41, 5.74) is 6.71. The Morgan fingerprint density at radius 3 is 2.70 bits per heavy atom. The topological polar surface area (TPSA) is 24.4 Å². The zero-order chi connectivity index (χ0) is 14.4. The molecule has 1 aromatic carbocycles. The molecule has 1 aliphatic heterocycles. The van der Waals surface area contributed by atoms with E-state index in [1.54, 1.807) is 0 Å². The van der Waals surface area contributed by atoms with Crippen molar-refractivity contribution in [2.24, 2.45) is 10.5 Å². The first-order valence-electron chi connectivity index (χ1n) is 7.42. The molecule has 0 radical (unpaired) electrons. The highest BCUT2D eigenvalue weighted by Gasteiger charge is 2.30. The zero-order valence-corrected chi connectivity index (χ0v) is 12.5. The highest BCUT2D eigenvalue weighted by molar-refractivity contribution is 5.95. The lowest BCUT2D eigenvalue weighted by atomic mass is 9.77. The molecule has 2 nitrogen and oxygen atoms in total. The van der Waals surface area contributed by atoms with Gasteiger partial charge in [0.15, 0.2) is 0 Å². The average Bonchev–Trinajstić information content (AvgIpc) is 2.47. The maximum Gasteiger partial charge on any atom is 0.0603 e. The molecule has 0 spiro atoms. The van der Waals surface area contributed by atoms with Crippen LogP contribution in [0.5, 0.6) is 0 Å². The van der Waals surface area contributed by atoms with E-state index in [2.05, 4.69) is 61.3 Å². The summed E-state index contributed by atoms with van der Waals surface area (Å²) in [6, 6.07) is 10.4. The number of nitrogens with zero attached hydrogens (tertiary/aromatic N) is 1. The van der Waals surface area contributed by atoms with Crippen LogP contribution >= 0.6 is 0 Å². The van der Waals surface area contributed by atoms with E-state index >= 15 is 0 Å². The van der Waals surface area contributed by atoms with Gasteiger partial charge < -0.3 is 0 Å². The van der Waals surface area contributed by atoms with E-state index in [9.17, 15) is 0 Å². The number of hydrazone groups is 1. The molecule has 1 aromatic rings. The first-order chi connectivity index (χ1) is 9.69. The van der Waals surface area contributed by atoms with E-state index in [4.69, 9.17) is 0 Å². The van der Waals surface area contributed by atoms with Gasteiger partial charge >= 0.3 is 0 Å². The van der Waals surface area contributed by atoms with Crippen molar-refractivity contribution in [1.29, 1.82) is 0 Å². The lowest BCUT2D eigenvalue weighted by Gasteiger charge is -2.32. The highest BCUT2D eigenvalue weighted by Crippen LogP contribution is 2.34. The number of hydrogen-bond acceptors (Lipinski definition) is 2. The average molecular weight is 268 g/mol. The Bertz CT molecular complexity index is 513. The summed E-state index contributed by atoms with van der Waals surface area (Å²) >= 11 is 0. The molecule has 20 heavy (non-hydrogen) atoms. The molecule has 0 aromatic heterocycles. The Morgan fingerprint density at radius 2 is 2.05 bits per heavy atom. The third-order valence-electron chi connectivity index (χ3n) is 3.85. The van der Waals surface area contributed by atoms with Crippen molar-refractivity contribution in [3.63, 3.8) is 0 Å². The summed E-state index contributed by atoms with van der Waals surface area (Å²) in [6.45, 7) is 8.38. The smallest absolute Gasteiger partial charge is 0.0603 e. The van der Waals surface area contributed by atoms with Gasteiger partial charge in [-0.15, -0.1) is 6.58 Å². The SMILES string of the molecule is C=CC[C@@]1(C)C=C(c2ccccc2)NN=C1CCCC. The van der Waals surface area contributed by atoms with Gasteiger partial charge in [-0.25, -0.2) is 0 Å². The second-order valence-corrected chi connectivity index (χ2v) is 5.61. The number of nitrogens with one attached hydrogen (secondary N) is 1. The molecule has 0 amide bonds. The van der Waals surface area contributed by atoms with Gasteiger partial charge in [-0.1, -0.05) is 56.7 Å². The zero-order valence-electron chi connectivity index (χ0n) is 12.5. The van der Waals surface area contributed by atoms with Crippen LogP contribution in [0.1, 0.15) is 45.1 Å². The predicted octanol–water partition coefficient (Wildman–Crippen LogP) is 4.76. The van der Waals surface area contributed by atoms with E-state index in [1.165, 1.54) is 24.1 Å². The lowest BCUT2D eigenvalue weighted by molar-refractivity contribution is 0.568. The molecular formula is C18H24N2. The van der Waals surface area contributed by atoms with Crippen LogP contribution in [0.4, 0.5) is 0 Å². The molecule has 1 heterocycles. The van der Waals surface area contributed by atoms with Crippen molar-refractivity contribution >= 4 is 11.4 Å². The lowest BCUT2D eigenvalue weighted by Crippen LogP contribution is -2.32. The summed E-state index contributed by atoms with van der Waals surface area (Å²) in [5.74, 6) is 0. The molecule has 1 N–H and O–H groups in total. The Morgan fingerprint density at radius 1 is 1.30 bits per heavy atom. The minimum Gasteiger partial charge on any atom is -0.278 e. The molecule has 0 unspecified atom stereocenters. The van der Waals surface area contributed by atoms with Gasteiger partial charge in [-0.2, -0.15) is 5.10 Å². The number of unbranched alkanes of at least 4 members (excludes halogenated alkanes) is 1. The van der Waals surface area contributed by atoms with E-state index in [1.807, 2.05) is 12.1 Å². The van der Waals surface area contributed by atoms with Crippen molar-refractivity contribution in [3.8, 4) is 0 Å². The molecule has 2 rings (SSSR count). The fourth-order valence-corrected chi connectivity index (χ4v) is 2.62. The maximum absolute atomic E-state index is 4.65. The summed E-state index contributed by atoms with van der Waals surface area (Å²) in [4.78, 5) is 0. The monoisotopic (exact) mass is 268 g/mol. The molecule has 0 saturated heterocycles. The fraction of sp³-hybridized carbons (Fsp3) is 0.389. The van der Waals surface area contributed by atoms with Crippen LogP contribution in [-0.2, 0) is 0 Å². The van der Waals surface area contributed by atoms with Crippen molar-refractivity contribution < 1.29 is 0 Å². The van der Waals surface area contributed by atoms with Gasteiger partial charge in [0.25, 0.3) is 0 Å². The largest absolute Gasteiger partial charge is 0.278 e. The van der Waals surface area contributed by atoms with Gasteiger partial charge in [-0.3, -0.25) is 5.43 Å². The second kappa shape index (κ2) is 6.56. The Balaban J connectivity index is 2.27. The van der Waals surface area contributed by atoms with Crippen molar-refractivity contribution in [1.82, 2.24) is 5.43 Å². The molecule has 1 aliphatic rings. The molecule has 2 heteroatoms. The third kappa shape index (κ3) is 3.19. The van der Waals surface area contributed by atoms with Crippen LogP contribution in [0, 0.1) is 5.41 Å².